The second-order valence-corrected chi connectivity index (χ2v) is 6.51. The molecule has 4 nitrogen and oxygen atoms in total. The number of hydrogen-bond acceptors (Lipinski definition) is 3. The predicted molar refractivity (Wildman–Crippen MR) is 91.2 cm³/mol. The van der Waals surface area contributed by atoms with E-state index >= 15 is 0 Å². The second-order valence-electron chi connectivity index (χ2n) is 6.51. The van der Waals surface area contributed by atoms with E-state index in [1.54, 1.807) is 0 Å². The number of hydrogen-bond donors (Lipinski definition) is 2. The van der Waals surface area contributed by atoms with Crippen LogP contribution in [0.25, 0.3) is 0 Å². The molecular formula is C19H21N3O. The molecule has 2 aliphatic heterocycles. The molecule has 4 rings (SSSR count). The number of likely N-dealkylation sites (tertiary alicyclic amines) is 1. The Hall–Kier alpha value is -2.33. The number of rotatable bonds is 2. The Bertz CT molecular complexity index is 716. The molecule has 1 fully saturated rings. The number of piperidine rings is 1. The molecule has 0 unspecified atom stereocenters. The van der Waals surface area contributed by atoms with E-state index in [1.807, 2.05) is 30.3 Å². The summed E-state index contributed by atoms with van der Waals surface area (Å²) in [6, 6.07) is 18.2. The average molecular weight is 307 g/mol. The molecule has 0 radical (unpaired) electrons. The zero-order valence-corrected chi connectivity index (χ0v) is 13.1. The van der Waals surface area contributed by atoms with Gasteiger partial charge in [0, 0.05) is 18.8 Å². The SMILES string of the molecule is O=C1N[C@@]2(CCCN(Cc3ccccc3)C2)Nc2ccccc21. The fraction of sp³-hybridized carbons (Fsp3) is 0.316. The number of anilines is 1. The Morgan fingerprint density at radius 3 is 2.65 bits per heavy atom. The fourth-order valence-electron chi connectivity index (χ4n) is 3.69. The molecule has 0 saturated carbocycles. The lowest BCUT2D eigenvalue weighted by atomic mass is 9.93. The highest BCUT2D eigenvalue weighted by Crippen LogP contribution is 2.30. The number of benzene rings is 2. The standard InChI is InChI=1S/C19H21N3O/c23-18-16-9-4-5-10-17(16)20-19(21-18)11-6-12-22(14-19)13-15-7-2-1-3-8-15/h1-5,7-10,20H,6,11-14H2,(H,21,23)/t19-/m1/s1. The van der Waals surface area contributed by atoms with Gasteiger partial charge in [0.2, 0.25) is 0 Å². The van der Waals surface area contributed by atoms with E-state index in [2.05, 4.69) is 39.8 Å². The van der Waals surface area contributed by atoms with Crippen LogP contribution in [-0.2, 0) is 6.54 Å². The summed E-state index contributed by atoms with van der Waals surface area (Å²) in [4.78, 5) is 14.9. The average Bonchev–Trinajstić information content (AvgIpc) is 2.56. The number of nitrogens with one attached hydrogen (secondary N) is 2. The topological polar surface area (TPSA) is 44.4 Å². The molecule has 1 atom stereocenters. The summed E-state index contributed by atoms with van der Waals surface area (Å²) in [5, 5.41) is 6.80. The highest BCUT2D eigenvalue weighted by Gasteiger charge is 2.40. The summed E-state index contributed by atoms with van der Waals surface area (Å²) in [6.07, 6.45) is 2.03. The lowest BCUT2D eigenvalue weighted by Crippen LogP contribution is -2.65. The Kier molecular flexibility index (Phi) is 3.54. The van der Waals surface area contributed by atoms with E-state index in [-0.39, 0.29) is 11.6 Å². The molecule has 2 N–H and O–H groups in total. The van der Waals surface area contributed by atoms with Gasteiger partial charge in [0.05, 0.1) is 5.56 Å². The molecule has 0 aromatic heterocycles. The van der Waals surface area contributed by atoms with Crippen molar-refractivity contribution in [3.05, 3.63) is 65.7 Å². The molecule has 1 saturated heterocycles. The smallest absolute Gasteiger partial charge is 0.255 e. The Morgan fingerprint density at radius 1 is 1.00 bits per heavy atom. The summed E-state index contributed by atoms with van der Waals surface area (Å²) < 4.78 is 0. The summed E-state index contributed by atoms with van der Waals surface area (Å²) in [6.45, 7) is 2.81. The summed E-state index contributed by atoms with van der Waals surface area (Å²) in [5.41, 5.74) is 2.64. The molecule has 23 heavy (non-hydrogen) atoms. The second kappa shape index (κ2) is 5.70. The molecule has 1 amide bonds. The van der Waals surface area contributed by atoms with Crippen LogP contribution in [0.1, 0.15) is 28.8 Å². The molecule has 2 aromatic carbocycles. The number of nitrogens with zero attached hydrogens (tertiary/aromatic N) is 1. The number of amides is 1. The third-order valence-electron chi connectivity index (χ3n) is 4.72. The van der Waals surface area contributed by atoms with Crippen molar-refractivity contribution in [1.29, 1.82) is 0 Å². The summed E-state index contributed by atoms with van der Waals surface area (Å²) in [5.74, 6) is 0.0286. The van der Waals surface area contributed by atoms with Crippen LogP contribution in [0.2, 0.25) is 0 Å². The van der Waals surface area contributed by atoms with Gasteiger partial charge in [-0.15, -0.1) is 0 Å². The predicted octanol–water partition coefficient (Wildman–Crippen LogP) is 2.83. The normalized spacial score (nSPS) is 23.9. The van der Waals surface area contributed by atoms with Gasteiger partial charge in [-0.05, 0) is 37.1 Å². The zero-order valence-electron chi connectivity index (χ0n) is 13.1. The van der Waals surface area contributed by atoms with Crippen LogP contribution in [0.4, 0.5) is 5.69 Å². The molecule has 118 valence electrons. The minimum absolute atomic E-state index is 0.0286. The van der Waals surface area contributed by atoms with Crippen molar-refractivity contribution in [3.63, 3.8) is 0 Å². The molecule has 1 spiro atoms. The van der Waals surface area contributed by atoms with Gasteiger partial charge in [0.15, 0.2) is 0 Å². The number of carbonyl (C=O) groups excluding carboxylic acids is 1. The van der Waals surface area contributed by atoms with Crippen LogP contribution in [0.5, 0.6) is 0 Å². The van der Waals surface area contributed by atoms with E-state index in [0.29, 0.717) is 0 Å². The first-order valence-electron chi connectivity index (χ1n) is 8.20. The van der Waals surface area contributed by atoms with Crippen LogP contribution in [0.3, 0.4) is 0 Å². The Morgan fingerprint density at radius 2 is 1.78 bits per heavy atom. The van der Waals surface area contributed by atoms with Gasteiger partial charge < -0.3 is 10.6 Å². The molecule has 2 aromatic rings. The van der Waals surface area contributed by atoms with Gasteiger partial charge in [0.25, 0.3) is 5.91 Å². The first kappa shape index (κ1) is 14.3. The lowest BCUT2D eigenvalue weighted by Gasteiger charge is -2.46. The van der Waals surface area contributed by atoms with Gasteiger partial charge in [-0.2, -0.15) is 0 Å². The van der Waals surface area contributed by atoms with E-state index in [0.717, 1.165) is 43.7 Å². The minimum Gasteiger partial charge on any atom is -0.361 e. The van der Waals surface area contributed by atoms with Crippen LogP contribution in [0, 0.1) is 0 Å². The third kappa shape index (κ3) is 2.82. The van der Waals surface area contributed by atoms with E-state index in [1.165, 1.54) is 5.56 Å². The van der Waals surface area contributed by atoms with E-state index in [9.17, 15) is 4.79 Å². The highest BCUT2D eigenvalue weighted by atomic mass is 16.2. The Labute approximate surface area is 136 Å². The maximum absolute atomic E-state index is 12.5. The monoisotopic (exact) mass is 307 g/mol. The lowest BCUT2D eigenvalue weighted by molar-refractivity contribution is 0.0795. The van der Waals surface area contributed by atoms with E-state index < -0.39 is 0 Å². The van der Waals surface area contributed by atoms with Crippen molar-refractivity contribution in [2.24, 2.45) is 0 Å². The van der Waals surface area contributed by atoms with E-state index in [4.69, 9.17) is 0 Å². The van der Waals surface area contributed by atoms with Crippen molar-refractivity contribution >= 4 is 11.6 Å². The van der Waals surface area contributed by atoms with Crippen LogP contribution >= 0.6 is 0 Å². The van der Waals surface area contributed by atoms with Gasteiger partial charge in [0.1, 0.15) is 5.66 Å². The molecule has 0 aliphatic carbocycles. The molecule has 4 heteroatoms. The van der Waals surface area contributed by atoms with Crippen molar-refractivity contribution in [2.75, 3.05) is 18.4 Å². The molecule has 2 heterocycles. The van der Waals surface area contributed by atoms with Crippen LogP contribution in [0.15, 0.2) is 54.6 Å². The number of carbonyl (C=O) groups is 1. The maximum Gasteiger partial charge on any atom is 0.255 e. The van der Waals surface area contributed by atoms with Gasteiger partial charge in [-0.3, -0.25) is 9.69 Å². The summed E-state index contributed by atoms with van der Waals surface area (Å²) >= 11 is 0. The van der Waals surface area contributed by atoms with Crippen molar-refractivity contribution in [2.45, 2.75) is 25.0 Å². The number of fused-ring (bicyclic) bond motifs is 1. The molecular weight excluding hydrogens is 286 g/mol. The Balaban J connectivity index is 1.54. The van der Waals surface area contributed by atoms with Gasteiger partial charge in [-0.25, -0.2) is 0 Å². The quantitative estimate of drug-likeness (QED) is 0.897. The van der Waals surface area contributed by atoms with Crippen molar-refractivity contribution in [1.82, 2.24) is 10.2 Å². The van der Waals surface area contributed by atoms with Crippen LogP contribution < -0.4 is 10.6 Å². The number of para-hydroxylation sites is 1. The third-order valence-corrected chi connectivity index (χ3v) is 4.72. The zero-order chi connectivity index (χ0) is 15.7. The maximum atomic E-state index is 12.5. The fourth-order valence-corrected chi connectivity index (χ4v) is 3.69. The van der Waals surface area contributed by atoms with Crippen LogP contribution in [-0.4, -0.2) is 29.6 Å². The van der Waals surface area contributed by atoms with Crippen molar-refractivity contribution in [3.8, 4) is 0 Å². The minimum atomic E-state index is -0.349. The molecule has 0 bridgehead atoms. The summed E-state index contributed by atoms with van der Waals surface area (Å²) in [7, 11) is 0. The first-order chi connectivity index (χ1) is 11.2. The van der Waals surface area contributed by atoms with Gasteiger partial charge in [-0.1, -0.05) is 42.5 Å². The first-order valence-corrected chi connectivity index (χ1v) is 8.20. The van der Waals surface area contributed by atoms with Crippen molar-refractivity contribution < 1.29 is 4.79 Å². The van der Waals surface area contributed by atoms with Gasteiger partial charge >= 0.3 is 0 Å². The largest absolute Gasteiger partial charge is 0.361 e. The highest BCUT2D eigenvalue weighted by molar-refractivity contribution is 6.02. The molecule has 2 aliphatic rings.